The number of rotatable bonds is 7. The second-order valence-corrected chi connectivity index (χ2v) is 8.38. The van der Waals surface area contributed by atoms with Crippen molar-refractivity contribution in [3.63, 3.8) is 0 Å². The van der Waals surface area contributed by atoms with Gasteiger partial charge in [-0.3, -0.25) is 0 Å². The van der Waals surface area contributed by atoms with E-state index in [4.69, 9.17) is 0 Å². The van der Waals surface area contributed by atoms with Gasteiger partial charge in [-0.05, 0) is 61.1 Å². The third-order valence-electron chi connectivity index (χ3n) is 3.92. The first-order chi connectivity index (χ1) is 11.8. The van der Waals surface area contributed by atoms with Crippen LogP contribution in [-0.4, -0.2) is 47.0 Å². The normalized spacial score (nSPS) is 13.0. The molecule has 1 unspecified atom stereocenters. The smallest absolute Gasteiger partial charge is 0.337 e. The van der Waals surface area contributed by atoms with Gasteiger partial charge in [0.15, 0.2) is 0 Å². The summed E-state index contributed by atoms with van der Waals surface area (Å²) in [6, 6.07) is 6.40. The van der Waals surface area contributed by atoms with Crippen LogP contribution in [-0.2, 0) is 14.8 Å². The molecule has 8 heteroatoms. The lowest BCUT2D eigenvalue weighted by molar-refractivity contribution is 0.0600. The molecule has 0 saturated carbocycles. The Kier molecular flexibility index (Phi) is 6.34. The van der Waals surface area contributed by atoms with E-state index >= 15 is 0 Å². The van der Waals surface area contributed by atoms with Crippen molar-refractivity contribution < 1.29 is 17.9 Å². The number of sulfonamides is 1. The summed E-state index contributed by atoms with van der Waals surface area (Å²) < 4.78 is 32.8. The van der Waals surface area contributed by atoms with Gasteiger partial charge in [-0.2, -0.15) is 11.3 Å². The van der Waals surface area contributed by atoms with E-state index in [1.807, 2.05) is 35.8 Å². The van der Waals surface area contributed by atoms with Crippen LogP contribution in [0.5, 0.6) is 0 Å². The number of esters is 1. The summed E-state index contributed by atoms with van der Waals surface area (Å²) in [5.74, 6) is -0.569. The molecule has 0 radical (unpaired) electrons. The molecule has 1 heterocycles. The molecule has 1 N–H and O–H groups in total. The van der Waals surface area contributed by atoms with Crippen LogP contribution in [0.4, 0.5) is 0 Å². The number of nitrogens with zero attached hydrogens (tertiary/aromatic N) is 1. The Bertz CT molecular complexity index is 830. The highest BCUT2D eigenvalue weighted by Crippen LogP contribution is 2.22. The third-order valence-corrected chi connectivity index (χ3v) is 6.18. The van der Waals surface area contributed by atoms with Gasteiger partial charge in [0, 0.05) is 12.6 Å². The number of aryl methyl sites for hydroxylation is 1. The Balaban J connectivity index is 2.25. The number of carbonyl (C=O) groups is 1. The number of ether oxygens (including phenoxy) is 1. The lowest BCUT2D eigenvalue weighted by Gasteiger charge is -2.24. The fraction of sp³-hybridized carbons (Fsp3) is 0.353. The highest BCUT2D eigenvalue weighted by molar-refractivity contribution is 7.89. The first kappa shape index (κ1) is 19.6. The number of nitrogens with one attached hydrogen (secondary N) is 1. The molecule has 0 amide bonds. The Morgan fingerprint density at radius 2 is 2.04 bits per heavy atom. The average molecular weight is 383 g/mol. The lowest BCUT2D eigenvalue weighted by atomic mass is 10.1. The minimum Gasteiger partial charge on any atom is -0.465 e. The van der Waals surface area contributed by atoms with Crippen LogP contribution in [0.2, 0.25) is 0 Å². The summed E-state index contributed by atoms with van der Waals surface area (Å²) >= 11 is 1.57. The number of hydrogen-bond donors (Lipinski definition) is 1. The van der Waals surface area contributed by atoms with Crippen molar-refractivity contribution in [3.05, 3.63) is 51.7 Å². The van der Waals surface area contributed by atoms with E-state index in [9.17, 15) is 13.2 Å². The molecule has 6 nitrogen and oxygen atoms in total. The van der Waals surface area contributed by atoms with Crippen LogP contribution in [0, 0.1) is 6.92 Å². The van der Waals surface area contributed by atoms with E-state index in [0.717, 1.165) is 5.56 Å². The molecule has 1 aromatic heterocycles. The first-order valence-electron chi connectivity index (χ1n) is 7.63. The molecule has 0 saturated heterocycles. The van der Waals surface area contributed by atoms with Crippen LogP contribution in [0.1, 0.15) is 27.5 Å². The summed E-state index contributed by atoms with van der Waals surface area (Å²) in [7, 11) is 1.31. The Hall–Kier alpha value is -1.74. The number of carbonyl (C=O) groups excluding carboxylic acids is 1. The van der Waals surface area contributed by atoms with E-state index in [0.29, 0.717) is 5.56 Å². The molecular formula is C17H22N2O4S2. The van der Waals surface area contributed by atoms with Crippen molar-refractivity contribution in [2.75, 3.05) is 27.7 Å². The van der Waals surface area contributed by atoms with Crippen molar-refractivity contribution in [1.29, 1.82) is 0 Å². The van der Waals surface area contributed by atoms with Gasteiger partial charge in [0.2, 0.25) is 10.0 Å². The minimum absolute atomic E-state index is 0.0786. The second kappa shape index (κ2) is 8.09. The summed E-state index contributed by atoms with van der Waals surface area (Å²) in [6.07, 6.45) is 0. The van der Waals surface area contributed by atoms with Crippen LogP contribution in [0.15, 0.2) is 39.9 Å². The second-order valence-electron chi connectivity index (χ2n) is 5.86. The highest BCUT2D eigenvalue weighted by Gasteiger charge is 2.22. The molecule has 136 valence electrons. The zero-order valence-corrected chi connectivity index (χ0v) is 16.3. The first-order valence-corrected chi connectivity index (χ1v) is 10.1. The van der Waals surface area contributed by atoms with E-state index < -0.39 is 16.0 Å². The van der Waals surface area contributed by atoms with Crippen LogP contribution >= 0.6 is 11.3 Å². The Morgan fingerprint density at radius 1 is 1.32 bits per heavy atom. The monoisotopic (exact) mass is 382 g/mol. The highest BCUT2D eigenvalue weighted by atomic mass is 32.2. The summed E-state index contributed by atoms with van der Waals surface area (Å²) in [4.78, 5) is 13.7. The van der Waals surface area contributed by atoms with Gasteiger partial charge in [0.1, 0.15) is 0 Å². The van der Waals surface area contributed by atoms with Crippen LogP contribution in [0.3, 0.4) is 0 Å². The maximum atomic E-state index is 12.7. The average Bonchev–Trinajstić information content (AvgIpc) is 3.08. The van der Waals surface area contributed by atoms with Gasteiger partial charge >= 0.3 is 5.97 Å². The van der Waals surface area contributed by atoms with E-state index in [1.165, 1.54) is 13.2 Å². The molecule has 0 aliphatic carbocycles. The van der Waals surface area contributed by atoms with Gasteiger partial charge in [0.25, 0.3) is 0 Å². The molecule has 1 atom stereocenters. The SMILES string of the molecule is COC(=O)c1ccc(C)c(S(=O)(=O)NCC(c2ccsc2)N(C)C)c1. The minimum atomic E-state index is -3.76. The van der Waals surface area contributed by atoms with Gasteiger partial charge in [-0.25, -0.2) is 17.9 Å². The van der Waals surface area contributed by atoms with Crippen molar-refractivity contribution in [1.82, 2.24) is 9.62 Å². The van der Waals surface area contributed by atoms with Gasteiger partial charge in [-0.15, -0.1) is 0 Å². The molecule has 25 heavy (non-hydrogen) atoms. The molecule has 2 aromatic rings. The zero-order chi connectivity index (χ0) is 18.6. The summed E-state index contributed by atoms with van der Waals surface area (Å²) in [5.41, 5.74) is 1.82. The van der Waals surface area contributed by atoms with Crippen LogP contribution < -0.4 is 4.72 Å². The van der Waals surface area contributed by atoms with Crippen molar-refractivity contribution >= 4 is 27.3 Å². The topological polar surface area (TPSA) is 75.7 Å². The Labute approximate surface area is 152 Å². The van der Waals surface area contributed by atoms with Crippen molar-refractivity contribution in [2.24, 2.45) is 0 Å². The van der Waals surface area contributed by atoms with Crippen LogP contribution in [0.25, 0.3) is 0 Å². The maximum Gasteiger partial charge on any atom is 0.337 e. The van der Waals surface area contributed by atoms with E-state index in [-0.39, 0.29) is 23.0 Å². The predicted molar refractivity (Wildman–Crippen MR) is 98.5 cm³/mol. The lowest BCUT2D eigenvalue weighted by Crippen LogP contribution is -2.34. The zero-order valence-electron chi connectivity index (χ0n) is 14.6. The van der Waals surface area contributed by atoms with Crippen molar-refractivity contribution in [2.45, 2.75) is 17.9 Å². The van der Waals surface area contributed by atoms with Gasteiger partial charge < -0.3 is 9.64 Å². The molecule has 1 aromatic carbocycles. The fourth-order valence-corrected chi connectivity index (χ4v) is 4.48. The van der Waals surface area contributed by atoms with Gasteiger partial charge in [-0.1, -0.05) is 6.07 Å². The molecule has 0 spiro atoms. The van der Waals surface area contributed by atoms with E-state index in [1.54, 1.807) is 30.4 Å². The quantitative estimate of drug-likeness (QED) is 0.745. The molecular weight excluding hydrogens is 360 g/mol. The number of thiophene rings is 1. The molecule has 0 bridgehead atoms. The number of methoxy groups -OCH3 is 1. The molecule has 2 rings (SSSR count). The number of likely N-dealkylation sites (N-methyl/N-ethyl adjacent to an activating group) is 1. The van der Waals surface area contributed by atoms with Crippen molar-refractivity contribution in [3.8, 4) is 0 Å². The molecule has 0 aliphatic heterocycles. The van der Waals surface area contributed by atoms with Gasteiger partial charge in [0.05, 0.1) is 17.6 Å². The number of hydrogen-bond acceptors (Lipinski definition) is 6. The fourth-order valence-electron chi connectivity index (χ4n) is 2.46. The predicted octanol–water partition coefficient (Wildman–Crippen LogP) is 2.42. The summed E-state index contributed by atoms with van der Waals surface area (Å²) in [5, 5.41) is 3.96. The molecule has 0 fully saturated rings. The third kappa shape index (κ3) is 4.66. The largest absolute Gasteiger partial charge is 0.465 e. The standard InChI is InChI=1S/C17H22N2O4S2/c1-12-5-6-13(17(20)23-4)9-16(12)25(21,22)18-10-15(19(2)3)14-7-8-24-11-14/h5-9,11,15,18H,10H2,1-4H3. The summed E-state index contributed by atoms with van der Waals surface area (Å²) in [6.45, 7) is 1.92. The van der Waals surface area contributed by atoms with E-state index in [2.05, 4.69) is 9.46 Å². The molecule has 0 aliphatic rings. The number of benzene rings is 1. The maximum absolute atomic E-state index is 12.7. The Morgan fingerprint density at radius 3 is 2.60 bits per heavy atom.